The van der Waals surface area contributed by atoms with E-state index in [0.29, 0.717) is 13.2 Å². The third-order valence-electron chi connectivity index (χ3n) is 3.71. The quantitative estimate of drug-likeness (QED) is 0.166. The van der Waals surface area contributed by atoms with Crippen molar-refractivity contribution in [3.8, 4) is 0 Å². The number of hydrogen-bond donors (Lipinski definition) is 2. The Morgan fingerprint density at radius 1 is 0.833 bits per heavy atom. The van der Waals surface area contributed by atoms with Gasteiger partial charge < -0.3 is 19.0 Å². The van der Waals surface area contributed by atoms with Crippen molar-refractivity contribution >= 4 is 24.5 Å². The molecule has 7 heteroatoms. The first kappa shape index (κ1) is 23.7. The number of ether oxygens (including phenoxy) is 1. The maximum absolute atomic E-state index is 10.8. The molecule has 0 aliphatic rings. The highest BCUT2D eigenvalue weighted by Crippen LogP contribution is 2.36. The molecule has 0 aromatic rings. The minimum absolute atomic E-state index is 0.334. The summed E-state index contributed by atoms with van der Waals surface area (Å²) in [5, 5.41) is 0. The molecule has 0 aliphatic carbocycles. The van der Waals surface area contributed by atoms with Crippen LogP contribution in [0.5, 0.6) is 0 Å². The standard InChI is InChI=1S/C17H33O5PS/c1-2-17(18)21-15-13-11-9-7-5-3-4-6-8-10-12-14-16-22-23(19,20)24/h2H,1,3-16H2,(H2,19,20,24). The summed E-state index contributed by atoms with van der Waals surface area (Å²) in [6.45, 7) is 0.752. The molecular formula is C17H33O5PS. The predicted molar refractivity (Wildman–Crippen MR) is 101 cm³/mol. The van der Waals surface area contributed by atoms with E-state index < -0.39 is 6.72 Å². The molecule has 2 N–H and O–H groups in total. The highest BCUT2D eigenvalue weighted by atomic mass is 32.5. The Hall–Kier alpha value is -0.260. The highest BCUT2D eigenvalue weighted by Gasteiger charge is 2.06. The third-order valence-corrected chi connectivity index (χ3v) is 4.54. The van der Waals surface area contributed by atoms with Gasteiger partial charge in [0, 0.05) is 6.08 Å². The van der Waals surface area contributed by atoms with Gasteiger partial charge in [-0.3, -0.25) is 0 Å². The normalized spacial score (nSPS) is 11.4. The number of hydrogen-bond acceptors (Lipinski definition) is 4. The van der Waals surface area contributed by atoms with Crippen LogP contribution in [0.2, 0.25) is 0 Å². The van der Waals surface area contributed by atoms with Crippen LogP contribution in [-0.4, -0.2) is 29.0 Å². The smallest absolute Gasteiger partial charge is 0.330 e. The van der Waals surface area contributed by atoms with Crippen molar-refractivity contribution in [2.45, 2.75) is 77.0 Å². The Morgan fingerprint density at radius 3 is 1.58 bits per heavy atom. The maximum Gasteiger partial charge on any atom is 0.330 e. The molecule has 0 fully saturated rings. The molecule has 24 heavy (non-hydrogen) atoms. The fourth-order valence-electron chi connectivity index (χ4n) is 2.39. The molecule has 0 rings (SSSR count). The number of rotatable bonds is 17. The van der Waals surface area contributed by atoms with Crippen molar-refractivity contribution < 1.29 is 23.8 Å². The lowest BCUT2D eigenvalue weighted by Crippen LogP contribution is -2.01. The van der Waals surface area contributed by atoms with E-state index in [0.717, 1.165) is 32.1 Å². The van der Waals surface area contributed by atoms with Gasteiger partial charge in [0.2, 0.25) is 0 Å². The van der Waals surface area contributed by atoms with Crippen LogP contribution < -0.4 is 0 Å². The molecule has 0 saturated carbocycles. The summed E-state index contributed by atoms with van der Waals surface area (Å²) in [5.41, 5.74) is 0. The number of unbranched alkanes of at least 4 members (excludes halogenated alkanes) is 11. The van der Waals surface area contributed by atoms with E-state index in [1.165, 1.54) is 51.0 Å². The van der Waals surface area contributed by atoms with Gasteiger partial charge in [-0.25, -0.2) is 4.79 Å². The summed E-state index contributed by atoms with van der Waals surface area (Å²) in [7, 11) is 0. The van der Waals surface area contributed by atoms with E-state index in [-0.39, 0.29) is 5.97 Å². The van der Waals surface area contributed by atoms with Gasteiger partial charge >= 0.3 is 12.7 Å². The first-order valence-electron chi connectivity index (χ1n) is 8.95. The van der Waals surface area contributed by atoms with Gasteiger partial charge in [0.15, 0.2) is 0 Å². The Balaban J connectivity index is 3.09. The predicted octanol–water partition coefficient (Wildman–Crippen LogP) is 4.62. The molecule has 0 bridgehead atoms. The largest absolute Gasteiger partial charge is 0.463 e. The number of esters is 1. The summed E-state index contributed by atoms with van der Waals surface area (Å²) >= 11 is 4.38. The van der Waals surface area contributed by atoms with Crippen molar-refractivity contribution in [3.63, 3.8) is 0 Å². The molecule has 5 nitrogen and oxygen atoms in total. The zero-order valence-electron chi connectivity index (χ0n) is 14.7. The van der Waals surface area contributed by atoms with Crippen LogP contribution in [0.3, 0.4) is 0 Å². The molecule has 0 heterocycles. The van der Waals surface area contributed by atoms with E-state index in [2.05, 4.69) is 18.4 Å². The van der Waals surface area contributed by atoms with Crippen molar-refractivity contribution in [1.82, 2.24) is 0 Å². The highest BCUT2D eigenvalue weighted by molar-refractivity contribution is 8.06. The summed E-state index contributed by atoms with van der Waals surface area (Å²) in [5.74, 6) is -0.334. The fraction of sp³-hybridized carbons (Fsp3) is 0.824. The molecule has 0 saturated heterocycles. The lowest BCUT2D eigenvalue weighted by Gasteiger charge is -2.07. The minimum atomic E-state index is -3.45. The summed E-state index contributed by atoms with van der Waals surface area (Å²) in [4.78, 5) is 28.6. The lowest BCUT2D eigenvalue weighted by atomic mass is 10.1. The average Bonchev–Trinajstić information content (AvgIpc) is 2.53. The van der Waals surface area contributed by atoms with Gasteiger partial charge in [-0.05, 0) is 24.6 Å². The van der Waals surface area contributed by atoms with Crippen molar-refractivity contribution in [2.75, 3.05) is 13.2 Å². The van der Waals surface area contributed by atoms with E-state index in [4.69, 9.17) is 19.0 Å². The van der Waals surface area contributed by atoms with E-state index in [9.17, 15) is 4.79 Å². The lowest BCUT2D eigenvalue weighted by molar-refractivity contribution is -0.137. The van der Waals surface area contributed by atoms with Gasteiger partial charge in [-0.15, -0.1) is 0 Å². The molecule has 0 aliphatic heterocycles. The zero-order chi connectivity index (χ0) is 18.1. The molecule has 0 unspecified atom stereocenters. The Kier molecular flexibility index (Phi) is 16.0. The first-order chi connectivity index (χ1) is 11.5. The molecule has 0 amide bonds. The van der Waals surface area contributed by atoms with Crippen molar-refractivity contribution in [2.24, 2.45) is 0 Å². The number of carbonyl (C=O) groups is 1. The van der Waals surface area contributed by atoms with Crippen LogP contribution in [-0.2, 0) is 25.9 Å². The van der Waals surface area contributed by atoms with Gasteiger partial charge in [0.05, 0.1) is 13.2 Å². The van der Waals surface area contributed by atoms with Gasteiger partial charge in [-0.1, -0.05) is 70.8 Å². The second-order valence-electron chi connectivity index (χ2n) is 5.94. The van der Waals surface area contributed by atoms with E-state index in [1.807, 2.05) is 0 Å². The molecular weight excluding hydrogens is 347 g/mol. The molecule has 0 spiro atoms. The van der Waals surface area contributed by atoms with Crippen LogP contribution in [0.15, 0.2) is 12.7 Å². The molecule has 0 aromatic carbocycles. The summed E-state index contributed by atoms with van der Waals surface area (Å²) < 4.78 is 9.68. The average molecular weight is 380 g/mol. The fourth-order valence-corrected chi connectivity index (χ4v) is 2.98. The Morgan fingerprint density at radius 2 is 1.21 bits per heavy atom. The second-order valence-corrected chi connectivity index (χ2v) is 8.60. The minimum Gasteiger partial charge on any atom is -0.463 e. The monoisotopic (exact) mass is 380 g/mol. The van der Waals surface area contributed by atoms with Crippen LogP contribution in [0.4, 0.5) is 0 Å². The number of carbonyl (C=O) groups excluding carboxylic acids is 1. The summed E-state index contributed by atoms with van der Waals surface area (Å²) in [6, 6.07) is 0. The topological polar surface area (TPSA) is 76.0 Å². The SMILES string of the molecule is C=CC(=O)OCCCCCCCCCCCCCCOP(O)(O)=S. The van der Waals surface area contributed by atoms with Crippen molar-refractivity contribution in [1.29, 1.82) is 0 Å². The van der Waals surface area contributed by atoms with Crippen LogP contribution >= 0.6 is 6.72 Å². The molecule has 0 aromatic heterocycles. The van der Waals surface area contributed by atoms with Crippen LogP contribution in [0.1, 0.15) is 77.0 Å². The molecule has 0 radical (unpaired) electrons. The van der Waals surface area contributed by atoms with Crippen LogP contribution in [0.25, 0.3) is 0 Å². The first-order valence-corrected chi connectivity index (χ1v) is 11.6. The molecule has 142 valence electrons. The maximum atomic E-state index is 10.8. The second kappa shape index (κ2) is 16.2. The van der Waals surface area contributed by atoms with E-state index in [1.54, 1.807) is 0 Å². The zero-order valence-corrected chi connectivity index (χ0v) is 16.4. The van der Waals surface area contributed by atoms with Crippen molar-refractivity contribution in [3.05, 3.63) is 12.7 Å². The van der Waals surface area contributed by atoms with Gasteiger partial charge in [-0.2, -0.15) is 0 Å². The third kappa shape index (κ3) is 19.8. The van der Waals surface area contributed by atoms with E-state index >= 15 is 0 Å². The van der Waals surface area contributed by atoms with Crippen LogP contribution in [0, 0.1) is 0 Å². The Labute approximate surface area is 151 Å². The van der Waals surface area contributed by atoms with Gasteiger partial charge in [0.25, 0.3) is 0 Å². The summed E-state index contributed by atoms with van der Waals surface area (Å²) in [6.07, 6.45) is 15.1. The van der Waals surface area contributed by atoms with Gasteiger partial charge in [0.1, 0.15) is 0 Å². The Bertz CT molecular complexity index is 370. The molecule has 0 atom stereocenters.